The maximum Gasteiger partial charge on any atom is 0.0925 e. The predicted molar refractivity (Wildman–Crippen MR) is 101 cm³/mol. The van der Waals surface area contributed by atoms with Crippen LogP contribution in [0, 0.1) is 13.8 Å². The summed E-state index contributed by atoms with van der Waals surface area (Å²) in [6, 6.07) is 4.22. The van der Waals surface area contributed by atoms with E-state index in [2.05, 4.69) is 58.6 Å². The second kappa shape index (κ2) is 7.36. The molecular weight excluding hydrogens is 280 g/mol. The van der Waals surface area contributed by atoms with Crippen LogP contribution in [0.1, 0.15) is 49.7 Å². The second-order valence-corrected chi connectivity index (χ2v) is 5.81. The summed E-state index contributed by atoms with van der Waals surface area (Å²) >= 11 is 0. The molecule has 2 rings (SSSR count). The molecule has 0 saturated heterocycles. The van der Waals surface area contributed by atoms with Crippen molar-refractivity contribution in [3.8, 4) is 0 Å². The molecule has 1 heterocycles. The van der Waals surface area contributed by atoms with Crippen molar-refractivity contribution < 1.29 is 0 Å². The van der Waals surface area contributed by atoms with Gasteiger partial charge in [0.15, 0.2) is 0 Å². The summed E-state index contributed by atoms with van der Waals surface area (Å²) in [6.45, 7) is 14.5. The van der Waals surface area contributed by atoms with Crippen molar-refractivity contribution in [2.24, 2.45) is 0 Å². The van der Waals surface area contributed by atoms with Gasteiger partial charge in [0, 0.05) is 0 Å². The summed E-state index contributed by atoms with van der Waals surface area (Å²) < 4.78 is 0. The number of aryl methyl sites for hydroxylation is 3. The van der Waals surface area contributed by atoms with Gasteiger partial charge in [-0.1, -0.05) is 44.7 Å². The third-order valence-electron chi connectivity index (χ3n) is 4.29. The van der Waals surface area contributed by atoms with Gasteiger partial charge in [-0.05, 0) is 62.0 Å². The number of allylic oxidation sites excluding steroid dienone is 5. The number of benzene rings is 1. The van der Waals surface area contributed by atoms with Gasteiger partial charge in [0.25, 0.3) is 0 Å². The standard InChI is InChI=1S/C21H26N2/c1-7-10-11-17(8-2)14(4)18-12-13-20-21(15(18)5)23-19(9-3)16(6)22-20/h8,10-13H,2,7,9H2,1,3-6H3/b11-10+,17-14+. The SMILES string of the molecule is C=CC(/C=C/CC)=C(/C)c1ccc2nc(C)c(CC)nc2c1C. The van der Waals surface area contributed by atoms with Crippen molar-refractivity contribution in [2.45, 2.75) is 47.5 Å². The highest BCUT2D eigenvalue weighted by Gasteiger charge is 2.11. The summed E-state index contributed by atoms with van der Waals surface area (Å²) in [7, 11) is 0. The van der Waals surface area contributed by atoms with Crippen LogP contribution in [0.4, 0.5) is 0 Å². The zero-order valence-corrected chi connectivity index (χ0v) is 14.9. The molecule has 120 valence electrons. The molecule has 0 aliphatic heterocycles. The molecule has 0 unspecified atom stereocenters. The Kier molecular flexibility index (Phi) is 5.49. The minimum Gasteiger partial charge on any atom is -0.250 e. The molecule has 0 aliphatic rings. The van der Waals surface area contributed by atoms with E-state index in [1.807, 2.05) is 13.0 Å². The van der Waals surface area contributed by atoms with Gasteiger partial charge in [-0.3, -0.25) is 0 Å². The zero-order valence-electron chi connectivity index (χ0n) is 14.9. The number of hydrogen-bond donors (Lipinski definition) is 0. The molecule has 23 heavy (non-hydrogen) atoms. The lowest BCUT2D eigenvalue weighted by Gasteiger charge is -2.13. The van der Waals surface area contributed by atoms with Gasteiger partial charge in [0.2, 0.25) is 0 Å². The van der Waals surface area contributed by atoms with Crippen LogP contribution in [0.2, 0.25) is 0 Å². The van der Waals surface area contributed by atoms with Crippen LogP contribution in [0.25, 0.3) is 16.6 Å². The summed E-state index contributed by atoms with van der Waals surface area (Å²) in [4.78, 5) is 9.56. The fraction of sp³-hybridized carbons (Fsp3) is 0.333. The molecule has 2 nitrogen and oxygen atoms in total. The first kappa shape index (κ1) is 17.1. The van der Waals surface area contributed by atoms with Crippen molar-refractivity contribution in [1.29, 1.82) is 0 Å². The van der Waals surface area contributed by atoms with E-state index in [1.54, 1.807) is 0 Å². The molecule has 2 heteroatoms. The Morgan fingerprint density at radius 3 is 2.52 bits per heavy atom. The Labute approximate surface area is 139 Å². The van der Waals surface area contributed by atoms with Crippen molar-refractivity contribution in [3.63, 3.8) is 0 Å². The first-order valence-electron chi connectivity index (χ1n) is 8.30. The lowest BCUT2D eigenvalue weighted by molar-refractivity contribution is 0.986. The minimum absolute atomic E-state index is 0.907. The summed E-state index contributed by atoms with van der Waals surface area (Å²) in [5.41, 5.74) is 8.87. The number of fused-ring (bicyclic) bond motifs is 1. The largest absolute Gasteiger partial charge is 0.250 e. The zero-order chi connectivity index (χ0) is 17.0. The lowest BCUT2D eigenvalue weighted by Crippen LogP contribution is -2.00. The molecule has 0 N–H and O–H groups in total. The monoisotopic (exact) mass is 306 g/mol. The molecule has 1 aromatic carbocycles. The quantitative estimate of drug-likeness (QED) is 0.659. The Balaban J connectivity index is 2.69. The molecule has 0 aliphatic carbocycles. The molecule has 0 amide bonds. The van der Waals surface area contributed by atoms with Crippen LogP contribution in [0.15, 0.2) is 42.5 Å². The molecule has 0 bridgehead atoms. The second-order valence-electron chi connectivity index (χ2n) is 5.81. The third-order valence-corrected chi connectivity index (χ3v) is 4.29. The summed E-state index contributed by atoms with van der Waals surface area (Å²) in [5, 5.41) is 0. The first-order valence-corrected chi connectivity index (χ1v) is 8.30. The van der Waals surface area contributed by atoms with Crippen molar-refractivity contribution in [1.82, 2.24) is 9.97 Å². The molecule has 0 saturated carbocycles. The van der Waals surface area contributed by atoms with Crippen LogP contribution in [0.3, 0.4) is 0 Å². The van der Waals surface area contributed by atoms with E-state index in [-0.39, 0.29) is 0 Å². The van der Waals surface area contributed by atoms with Gasteiger partial charge in [0.1, 0.15) is 0 Å². The van der Waals surface area contributed by atoms with E-state index < -0.39 is 0 Å². The fourth-order valence-corrected chi connectivity index (χ4v) is 2.87. The van der Waals surface area contributed by atoms with Gasteiger partial charge in [0.05, 0.1) is 22.4 Å². The molecule has 0 spiro atoms. The van der Waals surface area contributed by atoms with Gasteiger partial charge < -0.3 is 0 Å². The molecule has 0 radical (unpaired) electrons. The Hall–Kier alpha value is -2.22. The highest BCUT2D eigenvalue weighted by atomic mass is 14.8. The van der Waals surface area contributed by atoms with E-state index in [9.17, 15) is 0 Å². The fourth-order valence-electron chi connectivity index (χ4n) is 2.87. The topological polar surface area (TPSA) is 25.8 Å². The number of rotatable bonds is 5. The number of aromatic nitrogens is 2. The predicted octanol–water partition coefficient (Wildman–Crippen LogP) is 5.73. The van der Waals surface area contributed by atoms with Gasteiger partial charge >= 0.3 is 0 Å². The lowest BCUT2D eigenvalue weighted by atomic mass is 9.95. The minimum atomic E-state index is 0.907. The van der Waals surface area contributed by atoms with Crippen LogP contribution in [0.5, 0.6) is 0 Å². The molecule has 2 aromatic rings. The van der Waals surface area contributed by atoms with Crippen LogP contribution in [-0.2, 0) is 6.42 Å². The van der Waals surface area contributed by atoms with Crippen molar-refractivity contribution >= 4 is 16.6 Å². The van der Waals surface area contributed by atoms with Crippen LogP contribution >= 0.6 is 0 Å². The normalized spacial score (nSPS) is 12.7. The highest BCUT2D eigenvalue weighted by Crippen LogP contribution is 2.28. The Morgan fingerprint density at radius 1 is 1.17 bits per heavy atom. The van der Waals surface area contributed by atoms with Crippen LogP contribution < -0.4 is 0 Å². The van der Waals surface area contributed by atoms with Crippen molar-refractivity contribution in [3.05, 3.63) is 65.0 Å². The summed E-state index contributed by atoms with van der Waals surface area (Å²) in [5.74, 6) is 0. The van der Waals surface area contributed by atoms with Crippen molar-refractivity contribution in [2.75, 3.05) is 0 Å². The average Bonchev–Trinajstić information content (AvgIpc) is 2.55. The van der Waals surface area contributed by atoms with Gasteiger partial charge in [-0.25, -0.2) is 9.97 Å². The highest BCUT2D eigenvalue weighted by molar-refractivity contribution is 5.86. The number of hydrogen-bond acceptors (Lipinski definition) is 2. The number of nitrogens with zero attached hydrogens (tertiary/aromatic N) is 2. The molecule has 0 fully saturated rings. The Morgan fingerprint density at radius 2 is 1.91 bits per heavy atom. The molecule has 0 atom stereocenters. The van der Waals surface area contributed by atoms with E-state index in [0.717, 1.165) is 40.8 Å². The maximum atomic E-state index is 4.85. The molecular formula is C21H26N2. The first-order chi connectivity index (χ1) is 11.0. The smallest absolute Gasteiger partial charge is 0.0925 e. The summed E-state index contributed by atoms with van der Waals surface area (Å²) in [6.07, 6.45) is 8.15. The van der Waals surface area contributed by atoms with E-state index >= 15 is 0 Å². The van der Waals surface area contributed by atoms with E-state index in [1.165, 1.54) is 16.7 Å². The Bertz CT molecular complexity index is 795. The van der Waals surface area contributed by atoms with E-state index in [4.69, 9.17) is 9.97 Å². The van der Waals surface area contributed by atoms with Gasteiger partial charge in [-0.2, -0.15) is 0 Å². The molecule has 1 aromatic heterocycles. The maximum absolute atomic E-state index is 4.85. The third kappa shape index (κ3) is 3.42. The average molecular weight is 306 g/mol. The van der Waals surface area contributed by atoms with Gasteiger partial charge in [-0.15, -0.1) is 0 Å². The van der Waals surface area contributed by atoms with Crippen LogP contribution in [-0.4, -0.2) is 9.97 Å². The van der Waals surface area contributed by atoms with E-state index in [0.29, 0.717) is 0 Å².